The second-order valence-corrected chi connectivity index (χ2v) is 6.26. The van der Waals surface area contributed by atoms with Crippen LogP contribution in [0.15, 0.2) is 47.1 Å². The van der Waals surface area contributed by atoms with Crippen molar-refractivity contribution in [1.29, 1.82) is 0 Å². The number of pyridine rings is 1. The van der Waals surface area contributed by atoms with E-state index in [1.54, 1.807) is 12.1 Å². The molecule has 132 valence electrons. The molecule has 2 aromatic rings. The maximum Gasteiger partial charge on any atom is 0.224 e. The lowest BCUT2D eigenvalue weighted by Crippen LogP contribution is -2.25. The maximum atomic E-state index is 11.8. The van der Waals surface area contributed by atoms with Gasteiger partial charge in [0, 0.05) is 29.9 Å². The first-order valence-electron chi connectivity index (χ1n) is 8.03. The van der Waals surface area contributed by atoms with Gasteiger partial charge in [0.15, 0.2) is 0 Å². The molecule has 0 bridgehead atoms. The summed E-state index contributed by atoms with van der Waals surface area (Å²) in [4.78, 5) is 27.5. The first-order valence-corrected chi connectivity index (χ1v) is 8.82. The van der Waals surface area contributed by atoms with Crippen LogP contribution in [0.1, 0.15) is 26.2 Å². The van der Waals surface area contributed by atoms with E-state index in [-0.39, 0.29) is 24.7 Å². The van der Waals surface area contributed by atoms with Crippen molar-refractivity contribution < 1.29 is 14.3 Å². The van der Waals surface area contributed by atoms with Gasteiger partial charge < -0.3 is 15.4 Å². The SMILES string of the molecule is CCCNC(=O)CCC(=O)Nc1ccc(Oc2cccc(Br)c2)nc1. The van der Waals surface area contributed by atoms with Gasteiger partial charge >= 0.3 is 0 Å². The molecule has 1 heterocycles. The topological polar surface area (TPSA) is 80.3 Å². The van der Waals surface area contributed by atoms with Gasteiger partial charge in [0.2, 0.25) is 17.7 Å². The predicted octanol–water partition coefficient (Wildman–Crippen LogP) is 3.88. The minimum absolute atomic E-state index is 0.118. The Hall–Kier alpha value is -2.41. The number of hydrogen-bond acceptors (Lipinski definition) is 4. The van der Waals surface area contributed by atoms with Crippen molar-refractivity contribution in [2.24, 2.45) is 0 Å². The molecule has 0 atom stereocenters. The van der Waals surface area contributed by atoms with E-state index < -0.39 is 0 Å². The normalized spacial score (nSPS) is 10.2. The summed E-state index contributed by atoms with van der Waals surface area (Å²) < 4.78 is 6.54. The summed E-state index contributed by atoms with van der Waals surface area (Å²) in [5, 5.41) is 5.44. The van der Waals surface area contributed by atoms with Crippen molar-refractivity contribution >= 4 is 33.4 Å². The van der Waals surface area contributed by atoms with Gasteiger partial charge in [-0.2, -0.15) is 0 Å². The van der Waals surface area contributed by atoms with Crippen LogP contribution < -0.4 is 15.4 Å². The van der Waals surface area contributed by atoms with Gasteiger partial charge in [-0.15, -0.1) is 0 Å². The third-order valence-electron chi connectivity index (χ3n) is 3.19. The highest BCUT2D eigenvalue weighted by atomic mass is 79.9. The number of nitrogens with one attached hydrogen (secondary N) is 2. The molecule has 0 saturated carbocycles. The summed E-state index contributed by atoms with van der Waals surface area (Å²) in [7, 11) is 0. The zero-order valence-electron chi connectivity index (χ0n) is 13.9. The van der Waals surface area contributed by atoms with Gasteiger partial charge in [-0.25, -0.2) is 4.98 Å². The van der Waals surface area contributed by atoms with Crippen LogP contribution in [0.2, 0.25) is 0 Å². The molecule has 25 heavy (non-hydrogen) atoms. The van der Waals surface area contributed by atoms with Crippen molar-refractivity contribution in [2.75, 3.05) is 11.9 Å². The third kappa shape index (κ3) is 6.93. The molecule has 0 aliphatic heterocycles. The Balaban J connectivity index is 1.81. The summed E-state index contributed by atoms with van der Waals surface area (Å²) in [6, 6.07) is 10.8. The number of carbonyl (C=O) groups excluding carboxylic acids is 2. The molecule has 0 radical (unpaired) electrons. The summed E-state index contributed by atoms with van der Waals surface area (Å²) in [5.41, 5.74) is 0.556. The number of amides is 2. The van der Waals surface area contributed by atoms with E-state index in [0.717, 1.165) is 10.9 Å². The zero-order chi connectivity index (χ0) is 18.1. The molecule has 7 heteroatoms. The maximum absolute atomic E-state index is 11.8. The van der Waals surface area contributed by atoms with Crippen molar-refractivity contribution in [3.63, 3.8) is 0 Å². The minimum atomic E-state index is -0.228. The number of ether oxygens (including phenoxy) is 1. The average Bonchev–Trinajstić information content (AvgIpc) is 2.60. The molecule has 0 saturated heterocycles. The predicted molar refractivity (Wildman–Crippen MR) is 99.6 cm³/mol. The van der Waals surface area contributed by atoms with E-state index in [1.807, 2.05) is 31.2 Å². The van der Waals surface area contributed by atoms with Gasteiger partial charge in [0.1, 0.15) is 5.75 Å². The van der Waals surface area contributed by atoms with Crippen LogP contribution in [0, 0.1) is 0 Å². The Morgan fingerprint density at radius 2 is 1.96 bits per heavy atom. The monoisotopic (exact) mass is 405 g/mol. The van der Waals surface area contributed by atoms with Crippen molar-refractivity contribution in [2.45, 2.75) is 26.2 Å². The first-order chi connectivity index (χ1) is 12.1. The number of carbonyl (C=O) groups is 2. The van der Waals surface area contributed by atoms with Crippen molar-refractivity contribution in [3.8, 4) is 11.6 Å². The highest BCUT2D eigenvalue weighted by Crippen LogP contribution is 2.23. The van der Waals surface area contributed by atoms with Crippen LogP contribution >= 0.6 is 15.9 Å². The molecule has 1 aromatic carbocycles. The molecular weight excluding hydrogens is 386 g/mol. The van der Waals surface area contributed by atoms with Crippen LogP contribution in [0.25, 0.3) is 0 Å². The van der Waals surface area contributed by atoms with Crippen molar-refractivity contribution in [1.82, 2.24) is 10.3 Å². The number of benzene rings is 1. The molecule has 2 rings (SSSR count). The summed E-state index contributed by atoms with van der Waals surface area (Å²) in [6.45, 7) is 2.60. The number of halogens is 1. The summed E-state index contributed by atoms with van der Waals surface area (Å²) in [5.74, 6) is 0.744. The number of anilines is 1. The smallest absolute Gasteiger partial charge is 0.224 e. The molecule has 2 amide bonds. The number of nitrogens with zero attached hydrogens (tertiary/aromatic N) is 1. The number of hydrogen-bond donors (Lipinski definition) is 2. The summed E-state index contributed by atoms with van der Waals surface area (Å²) >= 11 is 3.38. The second-order valence-electron chi connectivity index (χ2n) is 5.34. The Bertz CT molecular complexity index is 720. The van der Waals surface area contributed by atoms with Gasteiger partial charge in [0.25, 0.3) is 0 Å². The van der Waals surface area contributed by atoms with E-state index in [4.69, 9.17) is 4.74 Å². The van der Waals surface area contributed by atoms with Crippen LogP contribution in [0.4, 0.5) is 5.69 Å². The van der Waals surface area contributed by atoms with E-state index in [0.29, 0.717) is 23.9 Å². The molecule has 0 spiro atoms. The summed E-state index contributed by atoms with van der Waals surface area (Å²) in [6.07, 6.45) is 2.69. The Labute approximate surface area is 155 Å². The molecule has 0 fully saturated rings. The van der Waals surface area contributed by atoms with Crippen LogP contribution in [0.3, 0.4) is 0 Å². The number of rotatable bonds is 8. The molecule has 6 nitrogen and oxygen atoms in total. The Kier molecular flexibility index (Phi) is 7.40. The molecule has 1 aromatic heterocycles. The lowest BCUT2D eigenvalue weighted by molar-refractivity contribution is -0.124. The Morgan fingerprint density at radius 3 is 2.64 bits per heavy atom. The van der Waals surface area contributed by atoms with Gasteiger partial charge in [0.05, 0.1) is 11.9 Å². The fraction of sp³-hybridized carbons (Fsp3) is 0.278. The van der Waals surface area contributed by atoms with Crippen molar-refractivity contribution in [3.05, 3.63) is 47.1 Å². The molecule has 0 aliphatic carbocycles. The molecule has 0 unspecified atom stereocenters. The van der Waals surface area contributed by atoms with E-state index in [9.17, 15) is 9.59 Å². The highest BCUT2D eigenvalue weighted by Gasteiger charge is 2.07. The minimum Gasteiger partial charge on any atom is -0.439 e. The molecular formula is C18H20BrN3O3. The lowest BCUT2D eigenvalue weighted by atomic mass is 10.2. The van der Waals surface area contributed by atoms with E-state index in [1.165, 1.54) is 6.20 Å². The lowest BCUT2D eigenvalue weighted by Gasteiger charge is -2.08. The fourth-order valence-corrected chi connectivity index (χ4v) is 2.35. The van der Waals surface area contributed by atoms with E-state index >= 15 is 0 Å². The second kappa shape index (κ2) is 9.78. The van der Waals surface area contributed by atoms with Crippen LogP contribution in [-0.4, -0.2) is 23.3 Å². The Morgan fingerprint density at radius 1 is 1.16 bits per heavy atom. The fourth-order valence-electron chi connectivity index (χ4n) is 1.97. The van der Waals surface area contributed by atoms with Gasteiger partial charge in [-0.1, -0.05) is 28.9 Å². The van der Waals surface area contributed by atoms with Gasteiger partial charge in [-0.05, 0) is 30.7 Å². The molecule has 2 N–H and O–H groups in total. The largest absolute Gasteiger partial charge is 0.439 e. The highest BCUT2D eigenvalue weighted by molar-refractivity contribution is 9.10. The van der Waals surface area contributed by atoms with Gasteiger partial charge in [-0.3, -0.25) is 9.59 Å². The standard InChI is InChI=1S/C18H20BrN3O3/c1-2-10-20-16(23)7-8-17(24)22-14-6-9-18(21-12-14)25-15-5-3-4-13(19)11-15/h3-6,9,11-12H,2,7-8,10H2,1H3,(H,20,23)(H,22,24). The van der Waals surface area contributed by atoms with Crippen LogP contribution in [0.5, 0.6) is 11.6 Å². The van der Waals surface area contributed by atoms with E-state index in [2.05, 4.69) is 31.5 Å². The first kappa shape index (κ1) is 18.9. The van der Waals surface area contributed by atoms with Crippen LogP contribution in [-0.2, 0) is 9.59 Å². The third-order valence-corrected chi connectivity index (χ3v) is 3.68. The average molecular weight is 406 g/mol. The number of aromatic nitrogens is 1. The quantitative estimate of drug-likeness (QED) is 0.697. The molecule has 0 aliphatic rings. The zero-order valence-corrected chi connectivity index (χ0v) is 15.5.